The van der Waals surface area contributed by atoms with Crippen molar-refractivity contribution in [2.75, 3.05) is 13.1 Å². The van der Waals surface area contributed by atoms with Gasteiger partial charge >= 0.3 is 0 Å². The van der Waals surface area contributed by atoms with Crippen molar-refractivity contribution in [3.63, 3.8) is 0 Å². The average molecular weight is 497 g/mol. The van der Waals surface area contributed by atoms with Gasteiger partial charge in [0, 0.05) is 18.0 Å². The second-order valence-corrected chi connectivity index (χ2v) is 11.6. The number of hydrogen-bond donors (Lipinski definition) is 0. The van der Waals surface area contributed by atoms with Crippen LogP contribution < -0.4 is 0 Å². The van der Waals surface area contributed by atoms with Crippen LogP contribution in [0.3, 0.4) is 0 Å². The Morgan fingerprint density at radius 3 is 1.74 bits per heavy atom. The van der Waals surface area contributed by atoms with Crippen molar-refractivity contribution in [3.05, 3.63) is 54.9 Å². The summed E-state index contributed by atoms with van der Waals surface area (Å²) in [4.78, 5) is 34.9. The number of nitrogens with zero attached hydrogens (tertiary/aromatic N) is 2. The number of thiophene rings is 2. The fraction of sp³-hybridized carbons (Fsp3) is 0.500. The van der Waals surface area contributed by atoms with Crippen LogP contribution in [0.1, 0.15) is 85.4 Å². The van der Waals surface area contributed by atoms with Gasteiger partial charge < -0.3 is 9.80 Å². The zero-order valence-corrected chi connectivity index (χ0v) is 22.5. The van der Waals surface area contributed by atoms with Gasteiger partial charge in [0.1, 0.15) is 0 Å². The van der Waals surface area contributed by atoms with Gasteiger partial charge in [-0.3, -0.25) is 9.59 Å². The van der Waals surface area contributed by atoms with E-state index in [9.17, 15) is 9.59 Å². The summed E-state index contributed by atoms with van der Waals surface area (Å²) >= 11 is 3.30. The zero-order chi connectivity index (χ0) is 24.2. The van der Waals surface area contributed by atoms with Gasteiger partial charge in [-0.2, -0.15) is 0 Å². The maximum absolute atomic E-state index is 14.0. The lowest BCUT2D eigenvalue weighted by molar-refractivity contribution is -0.124. The third-order valence-corrected chi connectivity index (χ3v) is 8.65. The van der Waals surface area contributed by atoms with Crippen molar-refractivity contribution < 1.29 is 9.59 Å². The van der Waals surface area contributed by atoms with Crippen molar-refractivity contribution in [2.24, 2.45) is 0 Å². The van der Waals surface area contributed by atoms with Crippen LogP contribution in [-0.4, -0.2) is 34.7 Å². The van der Waals surface area contributed by atoms with E-state index in [0.29, 0.717) is 24.2 Å². The van der Waals surface area contributed by atoms with E-state index < -0.39 is 0 Å². The Morgan fingerprint density at radius 2 is 1.29 bits per heavy atom. The highest BCUT2D eigenvalue weighted by Crippen LogP contribution is 2.48. The normalized spacial score (nSPS) is 16.0. The largest absolute Gasteiger partial charge is 0.306 e. The predicted octanol–water partition coefficient (Wildman–Crippen LogP) is 7.39. The minimum atomic E-state index is -0.00184. The molecule has 0 saturated carbocycles. The lowest BCUT2D eigenvalue weighted by Crippen LogP contribution is -2.30. The Bertz CT molecular complexity index is 1030. The molecule has 0 spiro atoms. The molecule has 182 valence electrons. The predicted molar refractivity (Wildman–Crippen MR) is 144 cm³/mol. The monoisotopic (exact) mass is 496 g/mol. The Morgan fingerprint density at radius 1 is 0.735 bits per heavy atom. The van der Waals surface area contributed by atoms with Crippen LogP contribution in [0.4, 0.5) is 0 Å². The number of aryl methyl sites for hydroxylation is 2. The second-order valence-electron chi connectivity index (χ2n) is 9.38. The van der Waals surface area contributed by atoms with Gasteiger partial charge in [0.25, 0.3) is 11.8 Å². The molecule has 2 aromatic heterocycles. The Kier molecular flexibility index (Phi) is 8.10. The smallest absolute Gasteiger partial charge is 0.261 e. The molecule has 4 rings (SSSR count). The fourth-order valence-electron chi connectivity index (χ4n) is 4.85. The van der Waals surface area contributed by atoms with E-state index in [2.05, 4.69) is 51.3 Å². The van der Waals surface area contributed by atoms with Gasteiger partial charge in [-0.05, 0) is 55.8 Å². The molecule has 34 heavy (non-hydrogen) atoms. The lowest BCUT2D eigenvalue weighted by Gasteiger charge is -2.24. The molecule has 4 heterocycles. The number of unbranched alkanes of at least 4 members (excludes halogenated alkanes) is 6. The first-order chi connectivity index (χ1) is 16.5. The molecular weight excluding hydrogens is 460 g/mol. The van der Waals surface area contributed by atoms with Crippen molar-refractivity contribution in [3.8, 4) is 0 Å². The molecule has 6 heteroatoms. The Hall–Kier alpha value is -2.18. The average Bonchev–Trinajstić information content (AvgIpc) is 3.56. The highest BCUT2D eigenvalue weighted by Gasteiger charge is 2.49. The molecule has 2 aliphatic rings. The molecule has 2 amide bonds. The Balaban J connectivity index is 1.80. The maximum atomic E-state index is 14.0. The third-order valence-electron chi connectivity index (χ3n) is 6.59. The van der Waals surface area contributed by atoms with Crippen LogP contribution >= 0.6 is 22.7 Å². The van der Waals surface area contributed by atoms with E-state index in [1.54, 1.807) is 22.7 Å². The minimum Gasteiger partial charge on any atom is -0.306 e. The minimum absolute atomic E-state index is 0.00184. The molecule has 0 fully saturated rings. The number of fused-ring (bicyclic) bond motifs is 1. The quantitative estimate of drug-likeness (QED) is 0.287. The van der Waals surface area contributed by atoms with Crippen LogP contribution in [-0.2, 0) is 9.59 Å². The summed E-state index contributed by atoms with van der Waals surface area (Å²) < 4.78 is 0. The van der Waals surface area contributed by atoms with E-state index in [0.717, 1.165) is 59.7 Å². The first kappa shape index (κ1) is 24.9. The molecule has 0 unspecified atom stereocenters. The summed E-state index contributed by atoms with van der Waals surface area (Å²) in [5, 5.41) is 2.11. The van der Waals surface area contributed by atoms with Gasteiger partial charge in [0.2, 0.25) is 0 Å². The molecule has 2 aliphatic heterocycles. The summed E-state index contributed by atoms with van der Waals surface area (Å²) in [5.41, 5.74) is 4.08. The molecule has 0 N–H and O–H groups in total. The number of amides is 2. The molecule has 0 radical (unpaired) electrons. The SMILES string of the molecule is CCCCCCN1C(=O)C2=C(c3ccc(C)s3)N(CCCCCC)C(=O)C2=C1c1cc(C)cs1. The van der Waals surface area contributed by atoms with Gasteiger partial charge in [-0.25, -0.2) is 0 Å². The van der Waals surface area contributed by atoms with Crippen LogP contribution in [0, 0.1) is 13.8 Å². The fourth-order valence-corrected chi connectivity index (χ4v) is 6.73. The molecule has 0 aromatic carbocycles. The third kappa shape index (κ3) is 4.80. The van der Waals surface area contributed by atoms with Crippen LogP contribution in [0.2, 0.25) is 0 Å². The molecular formula is C28H36N2O2S2. The first-order valence-corrected chi connectivity index (χ1v) is 14.4. The molecule has 0 atom stereocenters. The Labute approximate surface area is 212 Å². The van der Waals surface area contributed by atoms with E-state index in [1.165, 1.54) is 23.3 Å². The standard InChI is InChI=1S/C28H36N2O2S2/c1-5-7-9-11-15-29-25(21-14-13-20(4)34-21)23-24(28(29)32)26(22-17-19(3)18-33-22)30(27(23)31)16-12-10-8-6-2/h13-14,17-18H,5-12,15-16H2,1-4H3. The van der Waals surface area contributed by atoms with Crippen LogP contribution in [0.25, 0.3) is 11.4 Å². The lowest BCUT2D eigenvalue weighted by atomic mass is 10.1. The van der Waals surface area contributed by atoms with Crippen molar-refractivity contribution in [1.29, 1.82) is 0 Å². The number of hydrogen-bond acceptors (Lipinski definition) is 4. The highest BCUT2D eigenvalue weighted by atomic mass is 32.1. The number of carbonyl (C=O) groups is 2. The van der Waals surface area contributed by atoms with E-state index in [4.69, 9.17) is 0 Å². The topological polar surface area (TPSA) is 40.6 Å². The molecule has 0 saturated heterocycles. The van der Waals surface area contributed by atoms with E-state index in [1.807, 2.05) is 9.80 Å². The summed E-state index contributed by atoms with van der Waals surface area (Å²) in [6, 6.07) is 6.28. The summed E-state index contributed by atoms with van der Waals surface area (Å²) in [6.45, 7) is 9.87. The van der Waals surface area contributed by atoms with E-state index in [-0.39, 0.29) is 11.8 Å². The van der Waals surface area contributed by atoms with Crippen LogP contribution in [0.5, 0.6) is 0 Å². The maximum Gasteiger partial charge on any atom is 0.261 e. The summed E-state index contributed by atoms with van der Waals surface area (Å²) in [6.07, 6.45) is 8.75. The van der Waals surface area contributed by atoms with Gasteiger partial charge in [0.15, 0.2) is 0 Å². The number of rotatable bonds is 12. The van der Waals surface area contributed by atoms with Gasteiger partial charge in [0.05, 0.1) is 32.3 Å². The van der Waals surface area contributed by atoms with Crippen molar-refractivity contribution >= 4 is 45.9 Å². The molecule has 2 aromatic rings. The summed E-state index contributed by atoms with van der Waals surface area (Å²) in [7, 11) is 0. The van der Waals surface area contributed by atoms with Gasteiger partial charge in [-0.1, -0.05) is 52.4 Å². The molecule has 4 nitrogen and oxygen atoms in total. The summed E-state index contributed by atoms with van der Waals surface area (Å²) in [5.74, 6) is -0.00368. The molecule has 0 aliphatic carbocycles. The van der Waals surface area contributed by atoms with Crippen LogP contribution in [0.15, 0.2) is 34.7 Å². The highest BCUT2D eigenvalue weighted by molar-refractivity contribution is 7.13. The van der Waals surface area contributed by atoms with Crippen molar-refractivity contribution in [1.82, 2.24) is 9.80 Å². The first-order valence-electron chi connectivity index (χ1n) is 12.7. The second kappa shape index (κ2) is 11.0. The van der Waals surface area contributed by atoms with E-state index >= 15 is 0 Å². The van der Waals surface area contributed by atoms with Crippen molar-refractivity contribution in [2.45, 2.75) is 79.1 Å². The zero-order valence-electron chi connectivity index (χ0n) is 20.9. The molecule has 0 bridgehead atoms. The van der Waals surface area contributed by atoms with Gasteiger partial charge in [-0.15, -0.1) is 22.7 Å². The number of carbonyl (C=O) groups excluding carboxylic acids is 2.